The second kappa shape index (κ2) is 8.15. The molecule has 110 valence electrons. The van der Waals surface area contributed by atoms with Gasteiger partial charge in [0.1, 0.15) is 0 Å². The molecule has 1 heterocycles. The van der Waals surface area contributed by atoms with Crippen LogP contribution in [0.3, 0.4) is 0 Å². The highest BCUT2D eigenvalue weighted by Gasteiger charge is 2.10. The van der Waals surface area contributed by atoms with Gasteiger partial charge in [0.05, 0.1) is 0 Å². The van der Waals surface area contributed by atoms with E-state index in [1.165, 1.54) is 32.4 Å². The number of likely N-dealkylation sites (tertiary alicyclic amines) is 1. The molecule has 0 saturated carbocycles. The van der Waals surface area contributed by atoms with Crippen LogP contribution in [0.25, 0.3) is 0 Å². The molecule has 1 saturated heterocycles. The zero-order valence-corrected chi connectivity index (χ0v) is 14.7. The third kappa shape index (κ3) is 5.19. The topological polar surface area (TPSA) is 32.3 Å². The Bertz CT molecular complexity index is 439. The summed E-state index contributed by atoms with van der Waals surface area (Å²) < 4.78 is 1.82. The van der Waals surface area contributed by atoms with E-state index in [-0.39, 0.29) is 5.91 Å². The Labute approximate surface area is 137 Å². The average molecular weight is 404 g/mol. The second-order valence-electron chi connectivity index (χ2n) is 5.17. The second-order valence-corrected chi connectivity index (χ2v) is 7.00. The van der Waals surface area contributed by atoms with Crippen molar-refractivity contribution in [1.29, 1.82) is 0 Å². The summed E-state index contributed by atoms with van der Waals surface area (Å²) in [5, 5.41) is 2.99. The van der Waals surface area contributed by atoms with Crippen molar-refractivity contribution in [2.45, 2.75) is 25.7 Å². The highest BCUT2D eigenvalue weighted by molar-refractivity contribution is 9.11. The van der Waals surface area contributed by atoms with E-state index >= 15 is 0 Å². The number of nitrogens with zero attached hydrogens (tertiary/aromatic N) is 1. The molecule has 1 fully saturated rings. The smallest absolute Gasteiger partial charge is 0.251 e. The number of nitrogens with one attached hydrogen (secondary N) is 1. The van der Waals surface area contributed by atoms with Crippen molar-refractivity contribution in [2.75, 3.05) is 26.2 Å². The van der Waals surface area contributed by atoms with Crippen molar-refractivity contribution < 1.29 is 4.79 Å². The first kappa shape index (κ1) is 16.0. The summed E-state index contributed by atoms with van der Waals surface area (Å²) >= 11 is 6.80. The van der Waals surface area contributed by atoms with Gasteiger partial charge in [-0.05, 0) is 57.1 Å². The molecule has 0 spiro atoms. The van der Waals surface area contributed by atoms with Gasteiger partial charge in [0.15, 0.2) is 0 Å². The van der Waals surface area contributed by atoms with Gasteiger partial charge in [-0.2, -0.15) is 0 Å². The summed E-state index contributed by atoms with van der Waals surface area (Å²) in [6, 6.07) is 5.60. The van der Waals surface area contributed by atoms with Crippen LogP contribution in [-0.4, -0.2) is 37.0 Å². The van der Waals surface area contributed by atoms with Gasteiger partial charge in [-0.25, -0.2) is 0 Å². The molecular weight excluding hydrogens is 384 g/mol. The molecule has 1 aliphatic rings. The molecule has 0 atom stereocenters. The maximum Gasteiger partial charge on any atom is 0.251 e. The summed E-state index contributed by atoms with van der Waals surface area (Å²) in [5.41, 5.74) is 0.684. The van der Waals surface area contributed by atoms with Gasteiger partial charge >= 0.3 is 0 Å². The molecule has 0 aliphatic carbocycles. The van der Waals surface area contributed by atoms with E-state index in [9.17, 15) is 4.79 Å². The molecule has 0 bridgehead atoms. The van der Waals surface area contributed by atoms with Crippen LogP contribution in [0, 0.1) is 0 Å². The minimum atomic E-state index is -0.00866. The first-order chi connectivity index (χ1) is 9.65. The first-order valence-electron chi connectivity index (χ1n) is 7.12. The van der Waals surface area contributed by atoms with E-state index in [0.29, 0.717) is 5.56 Å². The van der Waals surface area contributed by atoms with Crippen molar-refractivity contribution in [1.82, 2.24) is 10.2 Å². The summed E-state index contributed by atoms with van der Waals surface area (Å²) in [4.78, 5) is 14.5. The van der Waals surface area contributed by atoms with E-state index in [4.69, 9.17) is 0 Å². The number of halogens is 2. The van der Waals surface area contributed by atoms with Gasteiger partial charge in [-0.15, -0.1) is 0 Å². The van der Waals surface area contributed by atoms with Crippen molar-refractivity contribution in [2.24, 2.45) is 0 Å². The lowest BCUT2D eigenvalue weighted by Gasteiger charge is -2.26. The predicted molar refractivity (Wildman–Crippen MR) is 89.1 cm³/mol. The fourth-order valence-corrected chi connectivity index (χ4v) is 3.77. The summed E-state index contributed by atoms with van der Waals surface area (Å²) in [7, 11) is 0. The van der Waals surface area contributed by atoms with Gasteiger partial charge in [0.2, 0.25) is 0 Å². The van der Waals surface area contributed by atoms with Crippen LogP contribution in [-0.2, 0) is 0 Å². The molecular formula is C15H20Br2N2O. The van der Waals surface area contributed by atoms with Gasteiger partial charge in [-0.3, -0.25) is 4.79 Å². The Morgan fingerprint density at radius 2 is 1.75 bits per heavy atom. The molecule has 5 heteroatoms. The zero-order valence-electron chi connectivity index (χ0n) is 11.5. The third-order valence-electron chi connectivity index (χ3n) is 3.51. The number of amides is 1. The van der Waals surface area contributed by atoms with Crippen LogP contribution in [0.1, 0.15) is 36.0 Å². The summed E-state index contributed by atoms with van der Waals surface area (Å²) in [5.74, 6) is -0.00866. The van der Waals surface area contributed by atoms with Crippen LogP contribution in [0.15, 0.2) is 27.1 Å². The van der Waals surface area contributed by atoms with E-state index in [2.05, 4.69) is 42.1 Å². The van der Waals surface area contributed by atoms with Gasteiger partial charge in [0.25, 0.3) is 5.91 Å². The number of rotatable bonds is 5. The summed E-state index contributed by atoms with van der Waals surface area (Å²) in [6.07, 6.45) is 5.02. The third-order valence-corrected chi connectivity index (χ3v) is 4.43. The fraction of sp³-hybridized carbons (Fsp3) is 0.533. The Kier molecular flexibility index (Phi) is 6.52. The van der Waals surface area contributed by atoms with Gasteiger partial charge < -0.3 is 10.2 Å². The van der Waals surface area contributed by atoms with E-state index in [0.717, 1.165) is 28.5 Å². The minimum Gasteiger partial charge on any atom is -0.352 e. The Morgan fingerprint density at radius 1 is 1.10 bits per heavy atom. The SMILES string of the molecule is O=C(NCCCN1CCCCC1)c1cc(Br)cc(Br)c1. The minimum absolute atomic E-state index is 0.00866. The largest absolute Gasteiger partial charge is 0.352 e. The highest BCUT2D eigenvalue weighted by atomic mass is 79.9. The van der Waals surface area contributed by atoms with Crippen LogP contribution in [0.2, 0.25) is 0 Å². The molecule has 0 aromatic heterocycles. The maximum atomic E-state index is 12.0. The Morgan fingerprint density at radius 3 is 2.40 bits per heavy atom. The molecule has 1 aromatic carbocycles. The molecule has 1 aliphatic heterocycles. The number of hydrogen-bond acceptors (Lipinski definition) is 2. The lowest BCUT2D eigenvalue weighted by atomic mass is 10.1. The van der Waals surface area contributed by atoms with Crippen molar-refractivity contribution >= 4 is 37.8 Å². The zero-order chi connectivity index (χ0) is 14.4. The van der Waals surface area contributed by atoms with Gasteiger partial charge in [-0.1, -0.05) is 38.3 Å². The lowest BCUT2D eigenvalue weighted by molar-refractivity contribution is 0.0951. The molecule has 0 unspecified atom stereocenters. The van der Waals surface area contributed by atoms with E-state index in [1.807, 2.05) is 18.2 Å². The predicted octanol–water partition coefficient (Wildman–Crippen LogP) is 3.82. The number of piperidine rings is 1. The van der Waals surface area contributed by atoms with Crippen LogP contribution >= 0.6 is 31.9 Å². The van der Waals surface area contributed by atoms with Crippen molar-refractivity contribution in [3.63, 3.8) is 0 Å². The number of carbonyl (C=O) groups excluding carboxylic acids is 1. The molecule has 1 aromatic rings. The molecule has 1 N–H and O–H groups in total. The van der Waals surface area contributed by atoms with Gasteiger partial charge in [0, 0.05) is 21.1 Å². The van der Waals surface area contributed by atoms with E-state index < -0.39 is 0 Å². The quantitative estimate of drug-likeness (QED) is 0.758. The molecule has 0 radical (unpaired) electrons. The van der Waals surface area contributed by atoms with Crippen LogP contribution in [0.5, 0.6) is 0 Å². The van der Waals surface area contributed by atoms with Crippen LogP contribution < -0.4 is 5.32 Å². The Hall–Kier alpha value is -0.390. The summed E-state index contributed by atoms with van der Waals surface area (Å²) in [6.45, 7) is 4.25. The monoisotopic (exact) mass is 402 g/mol. The number of benzene rings is 1. The first-order valence-corrected chi connectivity index (χ1v) is 8.70. The fourth-order valence-electron chi connectivity index (χ4n) is 2.47. The van der Waals surface area contributed by atoms with Crippen molar-refractivity contribution in [3.8, 4) is 0 Å². The van der Waals surface area contributed by atoms with E-state index in [1.54, 1.807) is 0 Å². The Balaban J connectivity index is 1.71. The maximum absolute atomic E-state index is 12.0. The average Bonchev–Trinajstić information content (AvgIpc) is 2.43. The highest BCUT2D eigenvalue weighted by Crippen LogP contribution is 2.20. The lowest BCUT2D eigenvalue weighted by Crippen LogP contribution is -2.33. The van der Waals surface area contributed by atoms with Crippen LogP contribution in [0.4, 0.5) is 0 Å². The number of carbonyl (C=O) groups is 1. The molecule has 1 amide bonds. The molecule has 2 rings (SSSR count). The standard InChI is InChI=1S/C15H20Br2N2O/c16-13-9-12(10-14(17)11-13)15(20)18-5-4-8-19-6-2-1-3-7-19/h9-11H,1-8H2,(H,18,20). The normalized spacial score (nSPS) is 16.1. The molecule has 3 nitrogen and oxygen atoms in total. The molecule has 20 heavy (non-hydrogen) atoms. The number of hydrogen-bond donors (Lipinski definition) is 1. The van der Waals surface area contributed by atoms with Crippen molar-refractivity contribution in [3.05, 3.63) is 32.7 Å².